The molecular formula is C19H19BrO7. The zero-order chi connectivity index (χ0) is 20.1. The first-order chi connectivity index (χ1) is 12.9. The number of alkyl halides is 1. The lowest BCUT2D eigenvalue weighted by Gasteiger charge is -2.06. The van der Waals surface area contributed by atoms with Crippen LogP contribution in [0.5, 0.6) is 11.5 Å². The number of halogens is 1. The van der Waals surface area contributed by atoms with E-state index in [0.29, 0.717) is 11.5 Å². The fourth-order valence-electron chi connectivity index (χ4n) is 1.55. The van der Waals surface area contributed by atoms with E-state index in [0.717, 1.165) is 0 Å². The molecule has 2 rings (SSSR count). The molecule has 0 saturated carbocycles. The number of carbonyl (C=O) groups excluding carboxylic acids is 3. The summed E-state index contributed by atoms with van der Waals surface area (Å²) in [6, 6.07) is 17.4. The maximum absolute atomic E-state index is 11.2. The van der Waals surface area contributed by atoms with Crippen LogP contribution in [0, 0.1) is 0 Å². The number of aliphatic hydroxyl groups is 1. The van der Waals surface area contributed by atoms with Crippen LogP contribution in [0.3, 0.4) is 0 Å². The lowest BCUT2D eigenvalue weighted by atomic mass is 10.3. The van der Waals surface area contributed by atoms with Gasteiger partial charge in [-0.2, -0.15) is 0 Å². The van der Waals surface area contributed by atoms with Crippen LogP contribution >= 0.6 is 15.9 Å². The number of para-hydroxylation sites is 2. The topological polar surface area (TPSA) is 99.1 Å². The Bertz CT molecular complexity index is 717. The van der Waals surface area contributed by atoms with Crippen LogP contribution in [0.15, 0.2) is 60.7 Å². The molecule has 2 aromatic carbocycles. The van der Waals surface area contributed by atoms with E-state index in [-0.39, 0.29) is 11.3 Å². The molecule has 7 nitrogen and oxygen atoms in total. The third kappa shape index (κ3) is 10.1. The minimum atomic E-state index is -1.25. The van der Waals surface area contributed by atoms with Crippen LogP contribution in [0.25, 0.3) is 0 Å². The van der Waals surface area contributed by atoms with Crippen LogP contribution in [0.2, 0.25) is 0 Å². The standard InChI is InChI=1S/C11H12O5.C8H7BrO2/c1-8(12)11(14)15-7-10(13)16-9-5-3-2-4-6-9;9-6-8(10)11-7-4-2-1-3-5-7/h2-6,8,12H,7H2,1H3;1-5H,6H2. The smallest absolute Gasteiger partial charge is 0.349 e. The van der Waals surface area contributed by atoms with E-state index >= 15 is 0 Å². The van der Waals surface area contributed by atoms with Gasteiger partial charge >= 0.3 is 17.9 Å². The Balaban J connectivity index is 0.000000289. The summed E-state index contributed by atoms with van der Waals surface area (Å²) in [6.45, 7) is 0.740. The quantitative estimate of drug-likeness (QED) is 0.420. The second kappa shape index (κ2) is 12.6. The summed E-state index contributed by atoms with van der Waals surface area (Å²) in [5, 5.41) is 9.02. The fourth-order valence-corrected chi connectivity index (χ4v) is 1.66. The zero-order valence-corrected chi connectivity index (χ0v) is 16.1. The molecule has 2 aromatic rings. The summed E-state index contributed by atoms with van der Waals surface area (Å²) < 4.78 is 14.2. The molecule has 0 aliphatic heterocycles. The van der Waals surface area contributed by atoms with Crippen molar-refractivity contribution in [3.8, 4) is 11.5 Å². The van der Waals surface area contributed by atoms with Crippen LogP contribution in [-0.4, -0.2) is 41.1 Å². The molecule has 0 saturated heterocycles. The second-order valence-electron chi connectivity index (χ2n) is 4.99. The van der Waals surface area contributed by atoms with Gasteiger partial charge in [0.2, 0.25) is 0 Å². The molecule has 0 bridgehead atoms. The SMILES string of the molecule is CC(O)C(=O)OCC(=O)Oc1ccccc1.O=C(CBr)Oc1ccccc1. The highest BCUT2D eigenvalue weighted by Gasteiger charge is 2.13. The highest BCUT2D eigenvalue weighted by molar-refractivity contribution is 9.09. The molecule has 0 radical (unpaired) electrons. The maximum atomic E-state index is 11.2. The molecule has 1 unspecified atom stereocenters. The van der Waals surface area contributed by atoms with E-state index in [4.69, 9.17) is 14.6 Å². The van der Waals surface area contributed by atoms with Crippen molar-refractivity contribution in [2.75, 3.05) is 11.9 Å². The van der Waals surface area contributed by atoms with Gasteiger partial charge in [-0.15, -0.1) is 0 Å². The van der Waals surface area contributed by atoms with Gasteiger partial charge < -0.3 is 19.3 Å². The molecule has 0 spiro atoms. The zero-order valence-electron chi connectivity index (χ0n) is 14.5. The number of hydrogen-bond donors (Lipinski definition) is 1. The van der Waals surface area contributed by atoms with Crippen LogP contribution in [0.4, 0.5) is 0 Å². The molecule has 0 heterocycles. The summed E-state index contributed by atoms with van der Waals surface area (Å²) in [5.41, 5.74) is 0. The van der Waals surface area contributed by atoms with Gasteiger partial charge in [-0.05, 0) is 31.2 Å². The highest BCUT2D eigenvalue weighted by atomic mass is 79.9. The van der Waals surface area contributed by atoms with E-state index < -0.39 is 24.6 Å². The van der Waals surface area contributed by atoms with Gasteiger partial charge in [-0.1, -0.05) is 52.3 Å². The third-order valence-corrected chi connectivity index (χ3v) is 3.19. The van der Waals surface area contributed by atoms with E-state index in [2.05, 4.69) is 20.7 Å². The number of carbonyl (C=O) groups is 3. The van der Waals surface area contributed by atoms with Crippen molar-refractivity contribution in [1.82, 2.24) is 0 Å². The highest BCUT2D eigenvalue weighted by Crippen LogP contribution is 2.09. The average molecular weight is 439 g/mol. The van der Waals surface area contributed by atoms with E-state index in [9.17, 15) is 14.4 Å². The molecule has 0 aliphatic carbocycles. The fraction of sp³-hybridized carbons (Fsp3) is 0.211. The number of hydrogen-bond acceptors (Lipinski definition) is 7. The monoisotopic (exact) mass is 438 g/mol. The lowest BCUT2D eigenvalue weighted by molar-refractivity contribution is -0.159. The molecule has 8 heteroatoms. The molecule has 27 heavy (non-hydrogen) atoms. The van der Waals surface area contributed by atoms with Gasteiger partial charge in [0.15, 0.2) is 6.61 Å². The molecule has 1 N–H and O–H groups in total. The predicted molar refractivity (Wildman–Crippen MR) is 101 cm³/mol. The van der Waals surface area contributed by atoms with Gasteiger partial charge in [0.1, 0.15) is 22.9 Å². The molecule has 1 atom stereocenters. The minimum absolute atomic E-state index is 0.224. The number of esters is 3. The van der Waals surface area contributed by atoms with Crippen LogP contribution < -0.4 is 9.47 Å². The Morgan fingerprint density at radius 1 is 0.889 bits per heavy atom. The van der Waals surface area contributed by atoms with E-state index in [1.165, 1.54) is 6.92 Å². The van der Waals surface area contributed by atoms with Crippen molar-refractivity contribution >= 4 is 33.8 Å². The van der Waals surface area contributed by atoms with Crippen LogP contribution in [-0.2, 0) is 19.1 Å². The van der Waals surface area contributed by atoms with Crippen molar-refractivity contribution in [3.63, 3.8) is 0 Å². The number of rotatable bonds is 6. The Morgan fingerprint density at radius 3 is 1.74 bits per heavy atom. The van der Waals surface area contributed by atoms with Gasteiger partial charge in [0, 0.05) is 0 Å². The molecule has 144 valence electrons. The summed E-state index contributed by atoms with van der Waals surface area (Å²) in [7, 11) is 0. The Kier molecular flexibility index (Phi) is 10.4. The van der Waals surface area contributed by atoms with E-state index in [1.807, 2.05) is 18.2 Å². The minimum Gasteiger partial charge on any atom is -0.452 e. The number of aliphatic hydroxyl groups excluding tert-OH is 1. The first-order valence-corrected chi connectivity index (χ1v) is 8.96. The van der Waals surface area contributed by atoms with Crippen molar-refractivity contribution in [1.29, 1.82) is 0 Å². The van der Waals surface area contributed by atoms with Crippen molar-refractivity contribution in [3.05, 3.63) is 60.7 Å². The molecular weight excluding hydrogens is 420 g/mol. The Hall–Kier alpha value is -2.71. The summed E-state index contributed by atoms with van der Waals surface area (Å²) in [4.78, 5) is 32.7. The maximum Gasteiger partial charge on any atom is 0.349 e. The Labute approximate surface area is 165 Å². The molecule has 0 aromatic heterocycles. The lowest BCUT2D eigenvalue weighted by Crippen LogP contribution is -2.24. The third-order valence-electron chi connectivity index (χ3n) is 2.73. The van der Waals surface area contributed by atoms with Crippen molar-refractivity contribution in [2.45, 2.75) is 13.0 Å². The summed E-state index contributed by atoms with van der Waals surface area (Å²) in [5.74, 6) is -0.876. The second-order valence-corrected chi connectivity index (χ2v) is 5.55. The number of ether oxygens (including phenoxy) is 3. The summed E-state index contributed by atoms with van der Waals surface area (Å²) in [6.07, 6.45) is -1.25. The van der Waals surface area contributed by atoms with Crippen molar-refractivity contribution in [2.24, 2.45) is 0 Å². The normalized spacial score (nSPS) is 10.6. The number of benzene rings is 2. The molecule has 0 amide bonds. The first kappa shape index (κ1) is 22.3. The van der Waals surface area contributed by atoms with Crippen molar-refractivity contribution < 1.29 is 33.7 Å². The predicted octanol–water partition coefficient (Wildman–Crippen LogP) is 2.50. The van der Waals surface area contributed by atoms with Crippen LogP contribution in [0.1, 0.15) is 6.92 Å². The first-order valence-electron chi connectivity index (χ1n) is 7.84. The van der Waals surface area contributed by atoms with Gasteiger partial charge in [0.25, 0.3) is 0 Å². The molecule has 0 fully saturated rings. The van der Waals surface area contributed by atoms with Gasteiger partial charge in [-0.3, -0.25) is 4.79 Å². The summed E-state index contributed by atoms with van der Waals surface area (Å²) >= 11 is 3.00. The molecule has 0 aliphatic rings. The van der Waals surface area contributed by atoms with Gasteiger partial charge in [-0.25, -0.2) is 9.59 Å². The Morgan fingerprint density at radius 2 is 1.33 bits per heavy atom. The van der Waals surface area contributed by atoms with E-state index in [1.54, 1.807) is 42.5 Å². The average Bonchev–Trinajstić information content (AvgIpc) is 2.68. The van der Waals surface area contributed by atoms with Gasteiger partial charge in [0.05, 0.1) is 0 Å². The largest absolute Gasteiger partial charge is 0.452 e.